The average molecular weight is 169 g/mol. The van der Waals surface area contributed by atoms with E-state index in [0.29, 0.717) is 23.6 Å². The summed E-state index contributed by atoms with van der Waals surface area (Å²) >= 11 is 0. The smallest absolute Gasteiger partial charge is 0.145 e. The molecule has 0 fully saturated rings. The zero-order valence-corrected chi connectivity index (χ0v) is 7.23. The van der Waals surface area contributed by atoms with E-state index in [-0.39, 0.29) is 5.82 Å². The first-order valence-corrected chi connectivity index (χ1v) is 3.83. The van der Waals surface area contributed by atoms with Crippen molar-refractivity contribution >= 4 is 5.69 Å². The van der Waals surface area contributed by atoms with E-state index >= 15 is 0 Å². The second kappa shape index (κ2) is 3.43. The molecule has 2 nitrogen and oxygen atoms in total. The third-order valence-corrected chi connectivity index (χ3v) is 1.61. The Labute approximate surface area is 71.1 Å². The van der Waals surface area contributed by atoms with Gasteiger partial charge in [-0.1, -0.05) is 0 Å². The molecule has 0 amide bonds. The molecule has 0 aliphatic carbocycles. The van der Waals surface area contributed by atoms with Crippen LogP contribution in [0.25, 0.3) is 0 Å². The Hall–Kier alpha value is -1.25. The van der Waals surface area contributed by atoms with Gasteiger partial charge in [-0.25, -0.2) is 4.39 Å². The minimum Gasteiger partial charge on any atom is -0.492 e. The quantitative estimate of drug-likeness (QED) is 0.688. The number of ether oxygens (including phenoxy) is 1. The summed E-state index contributed by atoms with van der Waals surface area (Å²) in [6.07, 6.45) is 0. The Bertz CT molecular complexity index is 286. The zero-order valence-electron chi connectivity index (χ0n) is 7.23. The van der Waals surface area contributed by atoms with Gasteiger partial charge in [0.1, 0.15) is 11.6 Å². The SMILES string of the molecule is CCOc1cc(F)cc(C)c1N. The summed E-state index contributed by atoms with van der Waals surface area (Å²) in [6, 6.07) is 2.68. The summed E-state index contributed by atoms with van der Waals surface area (Å²) in [6.45, 7) is 4.08. The Morgan fingerprint density at radius 3 is 2.75 bits per heavy atom. The fourth-order valence-electron chi connectivity index (χ4n) is 0.998. The molecule has 66 valence electrons. The normalized spacial score (nSPS) is 9.92. The summed E-state index contributed by atoms with van der Waals surface area (Å²) in [7, 11) is 0. The van der Waals surface area contributed by atoms with Crippen molar-refractivity contribution in [1.82, 2.24) is 0 Å². The van der Waals surface area contributed by atoms with Crippen molar-refractivity contribution in [3.63, 3.8) is 0 Å². The molecule has 0 atom stereocenters. The minimum absolute atomic E-state index is 0.315. The largest absolute Gasteiger partial charge is 0.492 e. The highest BCUT2D eigenvalue weighted by atomic mass is 19.1. The lowest BCUT2D eigenvalue weighted by Crippen LogP contribution is -1.99. The van der Waals surface area contributed by atoms with Crippen molar-refractivity contribution in [3.05, 3.63) is 23.5 Å². The van der Waals surface area contributed by atoms with Gasteiger partial charge in [-0.15, -0.1) is 0 Å². The van der Waals surface area contributed by atoms with E-state index in [2.05, 4.69) is 0 Å². The first-order valence-electron chi connectivity index (χ1n) is 3.83. The lowest BCUT2D eigenvalue weighted by Gasteiger charge is -2.08. The Kier molecular flexibility index (Phi) is 2.53. The molecular weight excluding hydrogens is 157 g/mol. The van der Waals surface area contributed by atoms with E-state index in [9.17, 15) is 4.39 Å². The van der Waals surface area contributed by atoms with Crippen LogP contribution in [0.3, 0.4) is 0 Å². The van der Waals surface area contributed by atoms with E-state index < -0.39 is 0 Å². The third-order valence-electron chi connectivity index (χ3n) is 1.61. The van der Waals surface area contributed by atoms with Crippen molar-refractivity contribution in [2.75, 3.05) is 12.3 Å². The van der Waals surface area contributed by atoms with Crippen LogP contribution in [0, 0.1) is 12.7 Å². The fourth-order valence-corrected chi connectivity index (χ4v) is 0.998. The molecular formula is C9H12FNO. The third kappa shape index (κ3) is 1.67. The molecule has 0 aliphatic heterocycles. The summed E-state index contributed by atoms with van der Waals surface area (Å²) < 4.78 is 17.9. The Balaban J connectivity index is 3.09. The highest BCUT2D eigenvalue weighted by molar-refractivity contribution is 5.58. The Morgan fingerprint density at radius 1 is 1.50 bits per heavy atom. The van der Waals surface area contributed by atoms with Gasteiger partial charge in [0, 0.05) is 6.07 Å². The number of nitrogens with two attached hydrogens (primary N) is 1. The van der Waals surface area contributed by atoms with Gasteiger partial charge in [0.2, 0.25) is 0 Å². The molecule has 3 heteroatoms. The van der Waals surface area contributed by atoms with Crippen LogP contribution in [0.1, 0.15) is 12.5 Å². The second-order valence-electron chi connectivity index (χ2n) is 2.57. The Morgan fingerprint density at radius 2 is 2.17 bits per heavy atom. The van der Waals surface area contributed by atoms with Crippen LogP contribution in [0.2, 0.25) is 0 Å². The summed E-state index contributed by atoms with van der Waals surface area (Å²) in [4.78, 5) is 0. The monoisotopic (exact) mass is 169 g/mol. The van der Waals surface area contributed by atoms with Crippen LogP contribution < -0.4 is 10.5 Å². The lowest BCUT2D eigenvalue weighted by molar-refractivity contribution is 0.340. The van der Waals surface area contributed by atoms with Gasteiger partial charge in [0.15, 0.2) is 0 Å². The van der Waals surface area contributed by atoms with E-state index in [1.54, 1.807) is 6.92 Å². The van der Waals surface area contributed by atoms with Gasteiger partial charge in [0.05, 0.1) is 12.3 Å². The van der Waals surface area contributed by atoms with Gasteiger partial charge in [-0.05, 0) is 25.5 Å². The number of hydrogen-bond donors (Lipinski definition) is 1. The lowest BCUT2D eigenvalue weighted by atomic mass is 10.2. The summed E-state index contributed by atoms with van der Waals surface area (Å²) in [5.41, 5.74) is 6.87. The van der Waals surface area contributed by atoms with Crippen molar-refractivity contribution in [1.29, 1.82) is 0 Å². The predicted molar refractivity (Wildman–Crippen MR) is 46.7 cm³/mol. The van der Waals surface area contributed by atoms with Gasteiger partial charge >= 0.3 is 0 Å². The first kappa shape index (κ1) is 8.84. The molecule has 0 aromatic heterocycles. The highest BCUT2D eigenvalue weighted by Gasteiger charge is 2.04. The maximum Gasteiger partial charge on any atom is 0.145 e. The van der Waals surface area contributed by atoms with E-state index in [1.807, 2.05) is 6.92 Å². The van der Waals surface area contributed by atoms with Gasteiger partial charge in [-0.2, -0.15) is 0 Å². The van der Waals surface area contributed by atoms with Crippen molar-refractivity contribution in [3.8, 4) is 5.75 Å². The molecule has 0 unspecified atom stereocenters. The molecule has 0 saturated heterocycles. The molecule has 0 spiro atoms. The topological polar surface area (TPSA) is 35.2 Å². The number of hydrogen-bond acceptors (Lipinski definition) is 2. The van der Waals surface area contributed by atoms with Crippen LogP contribution >= 0.6 is 0 Å². The molecule has 1 aromatic rings. The van der Waals surface area contributed by atoms with Gasteiger partial charge in [0.25, 0.3) is 0 Å². The molecule has 1 rings (SSSR count). The van der Waals surface area contributed by atoms with E-state index in [0.717, 1.165) is 0 Å². The maximum absolute atomic E-state index is 12.8. The standard InChI is InChI=1S/C9H12FNO/c1-3-12-8-5-7(10)4-6(2)9(8)11/h4-5H,3,11H2,1-2H3. The van der Waals surface area contributed by atoms with Crippen LogP contribution in [0.4, 0.5) is 10.1 Å². The van der Waals surface area contributed by atoms with E-state index in [1.165, 1.54) is 12.1 Å². The molecule has 0 bridgehead atoms. The number of benzene rings is 1. The molecule has 12 heavy (non-hydrogen) atoms. The van der Waals surface area contributed by atoms with Crippen molar-refractivity contribution in [2.24, 2.45) is 0 Å². The molecule has 0 heterocycles. The molecule has 2 N–H and O–H groups in total. The highest BCUT2D eigenvalue weighted by Crippen LogP contribution is 2.25. The number of nitrogen functional groups attached to an aromatic ring is 1. The first-order chi connectivity index (χ1) is 5.65. The molecule has 0 radical (unpaired) electrons. The number of halogens is 1. The second-order valence-corrected chi connectivity index (χ2v) is 2.57. The number of aryl methyl sites for hydroxylation is 1. The minimum atomic E-state index is -0.315. The van der Waals surface area contributed by atoms with Gasteiger partial charge in [-0.3, -0.25) is 0 Å². The van der Waals surface area contributed by atoms with Crippen LogP contribution in [0.15, 0.2) is 12.1 Å². The fraction of sp³-hybridized carbons (Fsp3) is 0.333. The van der Waals surface area contributed by atoms with Crippen LogP contribution in [-0.4, -0.2) is 6.61 Å². The van der Waals surface area contributed by atoms with Crippen LogP contribution in [0.5, 0.6) is 5.75 Å². The van der Waals surface area contributed by atoms with Crippen molar-refractivity contribution < 1.29 is 9.13 Å². The summed E-state index contributed by atoms with van der Waals surface area (Å²) in [5.74, 6) is 0.111. The van der Waals surface area contributed by atoms with Gasteiger partial charge < -0.3 is 10.5 Å². The van der Waals surface area contributed by atoms with Crippen LogP contribution in [-0.2, 0) is 0 Å². The summed E-state index contributed by atoms with van der Waals surface area (Å²) in [5, 5.41) is 0. The molecule has 1 aromatic carbocycles. The number of rotatable bonds is 2. The maximum atomic E-state index is 12.8. The van der Waals surface area contributed by atoms with Crippen molar-refractivity contribution in [2.45, 2.75) is 13.8 Å². The molecule has 0 saturated carbocycles. The predicted octanol–water partition coefficient (Wildman–Crippen LogP) is 2.12. The average Bonchev–Trinajstić information content (AvgIpc) is 2.00. The van der Waals surface area contributed by atoms with E-state index in [4.69, 9.17) is 10.5 Å². The number of anilines is 1. The molecule has 0 aliphatic rings. The zero-order chi connectivity index (χ0) is 9.14.